The van der Waals surface area contributed by atoms with E-state index in [4.69, 9.17) is 25.8 Å². The Balaban J connectivity index is 1.71. The van der Waals surface area contributed by atoms with Crippen molar-refractivity contribution >= 4 is 27.6 Å². The van der Waals surface area contributed by atoms with Gasteiger partial charge in [-0.1, -0.05) is 23.7 Å². The van der Waals surface area contributed by atoms with Gasteiger partial charge in [0.05, 0.1) is 30.3 Å². The maximum absolute atomic E-state index is 13.4. The molecular weight excluding hydrogens is 496 g/mol. The molecule has 1 fully saturated rings. The molecule has 4 rings (SSSR count). The number of benzene rings is 1. The van der Waals surface area contributed by atoms with Crippen molar-refractivity contribution in [3.8, 4) is 17.1 Å². The van der Waals surface area contributed by atoms with Crippen LogP contribution in [0.4, 0.5) is 5.95 Å². The Hall–Kier alpha value is -2.80. The van der Waals surface area contributed by atoms with Crippen molar-refractivity contribution < 1.29 is 22.6 Å². The smallest absolute Gasteiger partial charge is 0.240 e. The lowest BCUT2D eigenvalue weighted by molar-refractivity contribution is 0.0602. The SMILES string of the molecule is COc1ccccc1-c1nnc(NS(=O)(=O)[C@@H](C)[C@H](OC)c2ncc(Cl)cn2)n1C1CCCOC1. The Bertz CT molecular complexity index is 1250. The summed E-state index contributed by atoms with van der Waals surface area (Å²) >= 11 is 5.87. The van der Waals surface area contributed by atoms with Gasteiger partial charge in [-0.3, -0.25) is 9.29 Å². The third-order valence-electron chi connectivity index (χ3n) is 5.84. The summed E-state index contributed by atoms with van der Waals surface area (Å²) in [5, 5.41) is 7.81. The van der Waals surface area contributed by atoms with E-state index >= 15 is 0 Å². The second kappa shape index (κ2) is 10.9. The number of aromatic nitrogens is 5. The lowest BCUT2D eigenvalue weighted by Crippen LogP contribution is -2.34. The molecule has 3 aromatic rings. The van der Waals surface area contributed by atoms with E-state index in [0.29, 0.717) is 35.4 Å². The van der Waals surface area contributed by atoms with Gasteiger partial charge in [0.15, 0.2) is 11.6 Å². The molecule has 2 aromatic heterocycles. The molecule has 188 valence electrons. The number of hydrogen-bond acceptors (Lipinski definition) is 9. The van der Waals surface area contributed by atoms with Crippen molar-refractivity contribution in [3.63, 3.8) is 0 Å². The largest absolute Gasteiger partial charge is 0.496 e. The molecule has 11 nitrogen and oxygen atoms in total. The molecule has 1 aliphatic rings. The van der Waals surface area contributed by atoms with Crippen molar-refractivity contribution in [2.24, 2.45) is 0 Å². The first kappa shape index (κ1) is 25.3. The second-order valence-electron chi connectivity index (χ2n) is 8.06. The summed E-state index contributed by atoms with van der Waals surface area (Å²) in [6.45, 7) is 2.57. The monoisotopic (exact) mass is 522 g/mol. The molecule has 13 heteroatoms. The van der Waals surface area contributed by atoms with E-state index in [1.165, 1.54) is 26.4 Å². The topological polar surface area (TPSA) is 130 Å². The zero-order chi connectivity index (χ0) is 25.0. The third-order valence-corrected chi connectivity index (χ3v) is 7.73. The van der Waals surface area contributed by atoms with Gasteiger partial charge in [0.2, 0.25) is 16.0 Å². The number of anilines is 1. The number of ether oxygens (including phenoxy) is 3. The first-order chi connectivity index (χ1) is 16.9. The van der Waals surface area contributed by atoms with Crippen LogP contribution in [0.5, 0.6) is 5.75 Å². The van der Waals surface area contributed by atoms with Crippen molar-refractivity contribution in [3.05, 3.63) is 47.5 Å². The predicted molar refractivity (Wildman–Crippen MR) is 130 cm³/mol. The van der Waals surface area contributed by atoms with E-state index in [-0.39, 0.29) is 17.8 Å². The maximum Gasteiger partial charge on any atom is 0.240 e. The van der Waals surface area contributed by atoms with Gasteiger partial charge in [0.1, 0.15) is 17.1 Å². The Labute approximate surface area is 208 Å². The van der Waals surface area contributed by atoms with Crippen LogP contribution in [0, 0.1) is 0 Å². The molecule has 3 heterocycles. The van der Waals surface area contributed by atoms with E-state index in [2.05, 4.69) is 24.9 Å². The summed E-state index contributed by atoms with van der Waals surface area (Å²) in [5.41, 5.74) is 0.691. The minimum Gasteiger partial charge on any atom is -0.496 e. The van der Waals surface area contributed by atoms with Crippen molar-refractivity contribution in [2.75, 3.05) is 32.2 Å². The Morgan fingerprint density at radius 1 is 1.20 bits per heavy atom. The zero-order valence-corrected chi connectivity index (χ0v) is 21.2. The number of nitrogens with zero attached hydrogens (tertiary/aromatic N) is 5. The standard InChI is InChI=1S/C22H27ClN6O5S/c1-14(19(33-3)20-24-11-15(23)12-25-20)35(30,31)28-22-27-26-21(17-8-4-5-9-18(17)32-2)29(22)16-7-6-10-34-13-16/h4-5,8-9,11-12,14,16,19H,6-7,10,13H2,1-3H3,(H,27,28)/t14-,16?,19-/m0/s1. The van der Waals surface area contributed by atoms with Gasteiger partial charge in [0.25, 0.3) is 0 Å². The fourth-order valence-corrected chi connectivity index (χ4v) is 5.24. The Morgan fingerprint density at radius 2 is 1.94 bits per heavy atom. The lowest BCUT2D eigenvalue weighted by Gasteiger charge is -2.27. The van der Waals surface area contributed by atoms with Crippen molar-refractivity contribution in [2.45, 2.75) is 37.2 Å². The molecule has 0 radical (unpaired) electrons. The van der Waals surface area contributed by atoms with Gasteiger partial charge < -0.3 is 14.2 Å². The van der Waals surface area contributed by atoms with Gasteiger partial charge in [0, 0.05) is 26.1 Å². The molecule has 0 bridgehead atoms. The minimum absolute atomic E-state index is 0.0835. The van der Waals surface area contributed by atoms with E-state index in [1.807, 2.05) is 24.3 Å². The number of rotatable bonds is 9. The molecule has 35 heavy (non-hydrogen) atoms. The molecule has 1 saturated heterocycles. The number of sulfonamides is 1. The van der Waals surface area contributed by atoms with E-state index < -0.39 is 21.4 Å². The van der Waals surface area contributed by atoms with E-state index in [9.17, 15) is 8.42 Å². The summed E-state index contributed by atoms with van der Waals surface area (Å²) in [5.74, 6) is 1.36. The first-order valence-electron chi connectivity index (χ1n) is 11.0. The molecule has 1 unspecified atom stereocenters. The highest BCUT2D eigenvalue weighted by atomic mass is 35.5. The predicted octanol–water partition coefficient (Wildman–Crippen LogP) is 3.27. The average molecular weight is 523 g/mol. The van der Waals surface area contributed by atoms with Crippen LogP contribution in [0.2, 0.25) is 5.02 Å². The average Bonchev–Trinajstić information content (AvgIpc) is 3.28. The molecule has 0 saturated carbocycles. The second-order valence-corrected chi connectivity index (χ2v) is 10.5. The van der Waals surface area contributed by atoms with Crippen molar-refractivity contribution in [1.29, 1.82) is 0 Å². The van der Waals surface area contributed by atoms with Gasteiger partial charge in [-0.05, 0) is 31.9 Å². The fourth-order valence-electron chi connectivity index (χ4n) is 4.01. The summed E-state index contributed by atoms with van der Waals surface area (Å²) in [6, 6.07) is 7.21. The summed E-state index contributed by atoms with van der Waals surface area (Å²) in [7, 11) is -1.05. The van der Waals surface area contributed by atoms with Gasteiger partial charge >= 0.3 is 0 Å². The summed E-state index contributed by atoms with van der Waals surface area (Å²) in [6.07, 6.45) is 3.46. The van der Waals surface area contributed by atoms with Crippen LogP contribution in [0.25, 0.3) is 11.4 Å². The van der Waals surface area contributed by atoms with Gasteiger partial charge in [-0.15, -0.1) is 10.2 Å². The molecule has 0 amide bonds. The van der Waals surface area contributed by atoms with Crippen LogP contribution in [-0.2, 0) is 19.5 Å². The maximum atomic E-state index is 13.4. The molecule has 0 spiro atoms. The highest BCUT2D eigenvalue weighted by Crippen LogP contribution is 2.35. The summed E-state index contributed by atoms with van der Waals surface area (Å²) in [4.78, 5) is 8.24. The van der Waals surface area contributed by atoms with Gasteiger partial charge in [-0.2, -0.15) is 0 Å². The van der Waals surface area contributed by atoms with E-state index in [1.54, 1.807) is 11.7 Å². The summed E-state index contributed by atoms with van der Waals surface area (Å²) < 4.78 is 47.9. The normalized spacial score (nSPS) is 18.1. The number of nitrogens with one attached hydrogen (secondary N) is 1. The fraction of sp³-hybridized carbons (Fsp3) is 0.455. The van der Waals surface area contributed by atoms with Crippen molar-refractivity contribution in [1.82, 2.24) is 24.7 Å². The minimum atomic E-state index is -4.01. The van der Waals surface area contributed by atoms with Crippen LogP contribution in [-0.4, -0.2) is 65.8 Å². The quantitative estimate of drug-likeness (QED) is 0.449. The van der Waals surface area contributed by atoms with Crippen LogP contribution < -0.4 is 9.46 Å². The van der Waals surface area contributed by atoms with Gasteiger partial charge in [-0.25, -0.2) is 18.4 Å². The molecule has 1 N–H and O–H groups in total. The number of hydrogen-bond donors (Lipinski definition) is 1. The van der Waals surface area contributed by atoms with Crippen LogP contribution in [0.3, 0.4) is 0 Å². The molecular formula is C22H27ClN6O5S. The molecule has 3 atom stereocenters. The Morgan fingerprint density at radius 3 is 2.60 bits per heavy atom. The highest BCUT2D eigenvalue weighted by Gasteiger charge is 2.35. The first-order valence-corrected chi connectivity index (χ1v) is 13.0. The number of halogens is 1. The van der Waals surface area contributed by atoms with E-state index in [0.717, 1.165) is 12.8 Å². The number of methoxy groups -OCH3 is 2. The van der Waals surface area contributed by atoms with Crippen LogP contribution >= 0.6 is 11.6 Å². The molecule has 1 aromatic carbocycles. The van der Waals surface area contributed by atoms with Crippen LogP contribution in [0.1, 0.15) is 37.7 Å². The molecule has 1 aliphatic heterocycles. The number of para-hydroxylation sites is 1. The third kappa shape index (κ3) is 5.40. The molecule has 0 aliphatic carbocycles. The van der Waals surface area contributed by atoms with Crippen LogP contribution in [0.15, 0.2) is 36.7 Å². The highest BCUT2D eigenvalue weighted by molar-refractivity contribution is 7.93. The zero-order valence-electron chi connectivity index (χ0n) is 19.6. The lowest BCUT2D eigenvalue weighted by atomic mass is 10.1. The Kier molecular flexibility index (Phi) is 7.85.